The largest absolute Gasteiger partial charge is 0.478 e. The second-order valence-electron chi connectivity index (χ2n) is 3.69. The molecule has 0 spiro atoms. The molecule has 0 bridgehead atoms. The zero-order valence-electron chi connectivity index (χ0n) is 10.4. The Morgan fingerprint density at radius 3 is 2.50 bits per heavy atom. The maximum Gasteiger partial charge on any atom is 0.417 e. The molecule has 7 heteroatoms. The van der Waals surface area contributed by atoms with Crippen molar-refractivity contribution in [2.45, 2.75) is 13.1 Å². The van der Waals surface area contributed by atoms with Crippen molar-refractivity contribution in [3.8, 4) is 0 Å². The van der Waals surface area contributed by atoms with Crippen LogP contribution < -0.4 is 0 Å². The summed E-state index contributed by atoms with van der Waals surface area (Å²) >= 11 is 0. The first-order chi connectivity index (χ1) is 9.25. The Morgan fingerprint density at radius 2 is 2.00 bits per heavy atom. The molecule has 0 unspecified atom stereocenters. The highest BCUT2D eigenvalue weighted by molar-refractivity contribution is 5.90. The molecule has 0 atom stereocenters. The van der Waals surface area contributed by atoms with Crippen LogP contribution in [-0.4, -0.2) is 23.7 Å². The lowest BCUT2D eigenvalue weighted by atomic mass is 10.0. The molecule has 20 heavy (non-hydrogen) atoms. The van der Waals surface area contributed by atoms with Crippen LogP contribution in [0.5, 0.6) is 0 Å². The average molecular weight is 288 g/mol. The van der Waals surface area contributed by atoms with Crippen molar-refractivity contribution < 1.29 is 32.6 Å². The van der Waals surface area contributed by atoms with Crippen molar-refractivity contribution in [1.82, 2.24) is 0 Å². The number of hydrogen-bond donors (Lipinski definition) is 1. The minimum Gasteiger partial charge on any atom is -0.478 e. The topological polar surface area (TPSA) is 63.6 Å². The number of rotatable bonds is 4. The van der Waals surface area contributed by atoms with Crippen LogP contribution >= 0.6 is 0 Å². The Bertz CT molecular complexity index is 547. The molecule has 0 radical (unpaired) electrons. The molecular formula is C13H11F3O4. The number of carbonyl (C=O) groups is 2. The van der Waals surface area contributed by atoms with Crippen LogP contribution in [0.2, 0.25) is 0 Å². The summed E-state index contributed by atoms with van der Waals surface area (Å²) in [7, 11) is 0. The number of carbonyl (C=O) groups excluding carboxylic acids is 1. The summed E-state index contributed by atoms with van der Waals surface area (Å²) in [6, 6.07) is 2.54. The predicted molar refractivity (Wildman–Crippen MR) is 64.1 cm³/mol. The van der Waals surface area contributed by atoms with Crippen LogP contribution in [0.3, 0.4) is 0 Å². The molecule has 0 fully saturated rings. The van der Waals surface area contributed by atoms with Gasteiger partial charge in [-0.15, -0.1) is 0 Å². The number of carboxylic acids is 1. The number of benzene rings is 1. The summed E-state index contributed by atoms with van der Waals surface area (Å²) in [5.74, 6) is -2.24. The molecule has 0 aromatic heterocycles. The molecule has 0 heterocycles. The Labute approximate surface area is 112 Å². The third-order valence-electron chi connectivity index (χ3n) is 2.29. The van der Waals surface area contributed by atoms with Crippen LogP contribution in [0.4, 0.5) is 13.2 Å². The van der Waals surface area contributed by atoms with E-state index in [2.05, 4.69) is 4.74 Å². The van der Waals surface area contributed by atoms with E-state index >= 15 is 0 Å². The summed E-state index contributed by atoms with van der Waals surface area (Å²) in [5, 5.41) is 8.69. The highest BCUT2D eigenvalue weighted by Gasteiger charge is 2.33. The van der Waals surface area contributed by atoms with Gasteiger partial charge in [-0.1, -0.05) is 6.07 Å². The first-order valence-corrected chi connectivity index (χ1v) is 5.55. The van der Waals surface area contributed by atoms with Gasteiger partial charge in [0, 0.05) is 6.08 Å². The molecule has 1 N–H and O–H groups in total. The van der Waals surface area contributed by atoms with E-state index in [0.717, 1.165) is 24.3 Å². The molecular weight excluding hydrogens is 277 g/mol. The fourth-order valence-corrected chi connectivity index (χ4v) is 1.43. The fourth-order valence-electron chi connectivity index (χ4n) is 1.43. The molecule has 0 aliphatic carbocycles. The first-order valence-electron chi connectivity index (χ1n) is 5.55. The van der Waals surface area contributed by atoms with Gasteiger partial charge in [-0.2, -0.15) is 13.2 Å². The quantitative estimate of drug-likeness (QED) is 0.683. The van der Waals surface area contributed by atoms with Crippen LogP contribution in [0, 0.1) is 0 Å². The van der Waals surface area contributed by atoms with E-state index in [-0.39, 0.29) is 12.2 Å². The van der Waals surface area contributed by atoms with Crippen LogP contribution in [0.25, 0.3) is 6.08 Å². The minimum absolute atomic E-state index is 0.104. The number of aromatic carboxylic acids is 1. The average Bonchev–Trinajstić information content (AvgIpc) is 2.35. The fraction of sp³-hybridized carbons (Fsp3) is 0.231. The zero-order chi connectivity index (χ0) is 15.3. The summed E-state index contributed by atoms with van der Waals surface area (Å²) in [5.41, 5.74) is -1.92. The van der Waals surface area contributed by atoms with E-state index in [1.54, 1.807) is 6.92 Å². The number of alkyl halides is 3. The summed E-state index contributed by atoms with van der Waals surface area (Å²) in [4.78, 5) is 21.8. The van der Waals surface area contributed by atoms with Crippen molar-refractivity contribution in [3.63, 3.8) is 0 Å². The van der Waals surface area contributed by atoms with E-state index < -0.39 is 29.2 Å². The lowest BCUT2D eigenvalue weighted by Crippen LogP contribution is -2.10. The molecule has 0 saturated carbocycles. The second-order valence-corrected chi connectivity index (χ2v) is 3.69. The van der Waals surface area contributed by atoms with E-state index in [1.165, 1.54) is 0 Å². The minimum atomic E-state index is -4.72. The molecule has 0 aliphatic rings. The normalized spacial score (nSPS) is 11.6. The van der Waals surface area contributed by atoms with E-state index in [1.807, 2.05) is 0 Å². The Balaban J connectivity index is 3.19. The van der Waals surface area contributed by atoms with Gasteiger partial charge in [0.05, 0.1) is 17.7 Å². The van der Waals surface area contributed by atoms with Crippen molar-refractivity contribution >= 4 is 18.0 Å². The van der Waals surface area contributed by atoms with Gasteiger partial charge < -0.3 is 9.84 Å². The van der Waals surface area contributed by atoms with Gasteiger partial charge in [0.1, 0.15) is 0 Å². The highest BCUT2D eigenvalue weighted by Crippen LogP contribution is 2.33. The van der Waals surface area contributed by atoms with Gasteiger partial charge in [-0.05, 0) is 30.7 Å². The maximum absolute atomic E-state index is 12.8. The van der Waals surface area contributed by atoms with E-state index in [9.17, 15) is 22.8 Å². The number of ether oxygens (including phenoxy) is 1. The number of hydrogen-bond acceptors (Lipinski definition) is 3. The molecule has 0 amide bonds. The van der Waals surface area contributed by atoms with Crippen LogP contribution in [-0.2, 0) is 15.7 Å². The second kappa shape index (κ2) is 6.23. The van der Waals surface area contributed by atoms with Gasteiger partial charge in [0.15, 0.2) is 0 Å². The molecule has 0 aliphatic heterocycles. The SMILES string of the molecule is CCOC(=O)C=Cc1ccc(C(=O)O)cc1C(F)(F)F. The van der Waals surface area contributed by atoms with E-state index in [4.69, 9.17) is 5.11 Å². The summed E-state index contributed by atoms with van der Waals surface area (Å²) in [6.45, 7) is 1.67. The molecule has 4 nitrogen and oxygen atoms in total. The Morgan fingerprint density at radius 1 is 1.35 bits per heavy atom. The highest BCUT2D eigenvalue weighted by atomic mass is 19.4. The predicted octanol–water partition coefficient (Wildman–Crippen LogP) is 2.98. The standard InChI is InChI=1S/C13H11F3O4/c1-2-20-11(17)6-5-8-3-4-9(12(18)19)7-10(8)13(14,15)16/h3-7H,2H2,1H3,(H,18,19). The lowest BCUT2D eigenvalue weighted by Gasteiger charge is -2.11. The summed E-state index contributed by atoms with van der Waals surface area (Å²) in [6.07, 6.45) is -2.93. The van der Waals surface area contributed by atoms with Crippen molar-refractivity contribution in [2.75, 3.05) is 6.61 Å². The first kappa shape index (κ1) is 15.7. The van der Waals surface area contributed by atoms with Gasteiger partial charge >= 0.3 is 18.1 Å². The zero-order valence-corrected chi connectivity index (χ0v) is 10.4. The third-order valence-corrected chi connectivity index (χ3v) is 2.29. The monoisotopic (exact) mass is 288 g/mol. The molecule has 0 saturated heterocycles. The van der Waals surface area contributed by atoms with Gasteiger partial charge in [-0.3, -0.25) is 0 Å². The number of carboxylic acid groups (broad SMARTS) is 1. The van der Waals surface area contributed by atoms with E-state index in [0.29, 0.717) is 6.07 Å². The van der Waals surface area contributed by atoms with Gasteiger partial charge in [-0.25, -0.2) is 9.59 Å². The smallest absolute Gasteiger partial charge is 0.417 e. The number of esters is 1. The maximum atomic E-state index is 12.8. The van der Waals surface area contributed by atoms with Gasteiger partial charge in [0.25, 0.3) is 0 Å². The molecule has 1 aromatic rings. The Hall–Kier alpha value is -2.31. The third kappa shape index (κ3) is 4.11. The molecule has 108 valence electrons. The van der Waals surface area contributed by atoms with Gasteiger partial charge in [0.2, 0.25) is 0 Å². The molecule has 1 rings (SSSR count). The van der Waals surface area contributed by atoms with Crippen LogP contribution in [0.1, 0.15) is 28.4 Å². The van der Waals surface area contributed by atoms with Crippen molar-refractivity contribution in [3.05, 3.63) is 41.0 Å². The molecule has 1 aromatic carbocycles. The summed E-state index contributed by atoms with van der Waals surface area (Å²) < 4.78 is 43.0. The van der Waals surface area contributed by atoms with Crippen molar-refractivity contribution in [1.29, 1.82) is 0 Å². The lowest BCUT2D eigenvalue weighted by molar-refractivity contribution is -0.138. The Kier molecular flexibility index (Phi) is 4.90. The van der Waals surface area contributed by atoms with Crippen molar-refractivity contribution in [2.24, 2.45) is 0 Å². The number of halogens is 3. The van der Waals surface area contributed by atoms with Crippen LogP contribution in [0.15, 0.2) is 24.3 Å².